The molecule has 0 aliphatic heterocycles. The van der Waals surface area contributed by atoms with Crippen LogP contribution in [0.1, 0.15) is 36.7 Å². The molecule has 28 heavy (non-hydrogen) atoms. The Kier molecular flexibility index (Phi) is 4.82. The van der Waals surface area contributed by atoms with Gasteiger partial charge in [0, 0.05) is 11.5 Å². The second-order valence-corrected chi connectivity index (χ2v) is 7.56. The van der Waals surface area contributed by atoms with Gasteiger partial charge in [0.05, 0.1) is 5.69 Å². The summed E-state index contributed by atoms with van der Waals surface area (Å²) in [4.78, 5) is 0. The number of benzene rings is 3. The van der Waals surface area contributed by atoms with Crippen molar-refractivity contribution in [3.05, 3.63) is 89.7 Å². The predicted molar refractivity (Wildman–Crippen MR) is 116 cm³/mol. The zero-order valence-corrected chi connectivity index (χ0v) is 16.8. The number of aryl methyl sites for hydroxylation is 2. The molecule has 0 aliphatic rings. The van der Waals surface area contributed by atoms with Crippen LogP contribution in [0.15, 0.2) is 72.8 Å². The molecule has 0 unspecified atom stereocenters. The molecule has 0 N–H and O–H groups in total. The van der Waals surface area contributed by atoms with Gasteiger partial charge in [0.15, 0.2) is 5.82 Å². The molecule has 1 aromatic heterocycles. The minimum Gasteiger partial charge on any atom is -0.278 e. The molecule has 0 radical (unpaired) electrons. The van der Waals surface area contributed by atoms with E-state index in [-0.39, 0.29) is 5.92 Å². The van der Waals surface area contributed by atoms with E-state index in [2.05, 4.69) is 97.1 Å². The van der Waals surface area contributed by atoms with Crippen LogP contribution in [0.25, 0.3) is 28.2 Å². The first kappa shape index (κ1) is 18.2. The third kappa shape index (κ3) is 3.24. The molecular formula is C25H25N3. The average molecular weight is 367 g/mol. The smallest absolute Gasteiger partial charge is 0.168 e. The zero-order valence-electron chi connectivity index (χ0n) is 16.8. The van der Waals surface area contributed by atoms with Gasteiger partial charge in [-0.15, -0.1) is 10.2 Å². The zero-order chi connectivity index (χ0) is 19.7. The SMILES string of the molecule is Cc1cc(-c2ccccc2)cc(C)c1-n1c(-c2ccccc2)nnc1C(C)C. The summed E-state index contributed by atoms with van der Waals surface area (Å²) in [5.41, 5.74) is 7.16. The van der Waals surface area contributed by atoms with E-state index in [0.717, 1.165) is 17.2 Å². The van der Waals surface area contributed by atoms with E-state index in [1.165, 1.54) is 27.9 Å². The summed E-state index contributed by atoms with van der Waals surface area (Å²) >= 11 is 0. The van der Waals surface area contributed by atoms with E-state index in [1.807, 2.05) is 18.2 Å². The van der Waals surface area contributed by atoms with Gasteiger partial charge in [0.1, 0.15) is 5.82 Å². The van der Waals surface area contributed by atoms with E-state index in [9.17, 15) is 0 Å². The molecule has 0 aliphatic carbocycles. The number of hydrogen-bond donors (Lipinski definition) is 0. The number of aromatic nitrogens is 3. The van der Waals surface area contributed by atoms with Gasteiger partial charge in [-0.2, -0.15) is 0 Å². The number of nitrogens with zero attached hydrogens (tertiary/aromatic N) is 3. The minimum atomic E-state index is 0.276. The molecule has 0 atom stereocenters. The summed E-state index contributed by atoms with van der Waals surface area (Å²) in [5.74, 6) is 2.15. The van der Waals surface area contributed by atoms with Crippen LogP contribution in [0.2, 0.25) is 0 Å². The van der Waals surface area contributed by atoms with Gasteiger partial charge < -0.3 is 0 Å². The van der Waals surface area contributed by atoms with E-state index in [4.69, 9.17) is 0 Å². The summed E-state index contributed by atoms with van der Waals surface area (Å²) in [7, 11) is 0. The Morgan fingerprint density at radius 2 is 1.21 bits per heavy atom. The molecule has 1 heterocycles. The van der Waals surface area contributed by atoms with Crippen LogP contribution in [0.3, 0.4) is 0 Å². The lowest BCUT2D eigenvalue weighted by molar-refractivity contribution is 0.743. The molecule has 0 spiro atoms. The van der Waals surface area contributed by atoms with Crippen LogP contribution in [0.4, 0.5) is 0 Å². The summed E-state index contributed by atoms with van der Waals surface area (Å²) in [6, 6.07) is 25.3. The summed E-state index contributed by atoms with van der Waals surface area (Å²) in [5, 5.41) is 9.10. The van der Waals surface area contributed by atoms with Crippen molar-refractivity contribution in [3.63, 3.8) is 0 Å². The highest BCUT2D eigenvalue weighted by molar-refractivity contribution is 5.70. The van der Waals surface area contributed by atoms with Gasteiger partial charge in [-0.1, -0.05) is 74.5 Å². The topological polar surface area (TPSA) is 30.7 Å². The number of rotatable bonds is 4. The van der Waals surface area contributed by atoms with E-state index in [1.54, 1.807) is 0 Å². The number of hydrogen-bond acceptors (Lipinski definition) is 2. The van der Waals surface area contributed by atoms with Crippen molar-refractivity contribution in [2.75, 3.05) is 0 Å². The van der Waals surface area contributed by atoms with E-state index in [0.29, 0.717) is 0 Å². The standard InChI is InChI=1S/C25H25N3/c1-17(2)24-26-27-25(21-13-9-6-10-14-21)28(24)23-18(3)15-22(16-19(23)4)20-11-7-5-8-12-20/h5-17H,1-4H3. The molecule has 4 rings (SSSR count). The Hall–Kier alpha value is -3.20. The molecule has 0 saturated carbocycles. The second kappa shape index (κ2) is 7.43. The van der Waals surface area contributed by atoms with Crippen LogP contribution in [-0.2, 0) is 0 Å². The Morgan fingerprint density at radius 3 is 1.75 bits per heavy atom. The van der Waals surface area contributed by atoms with Crippen molar-refractivity contribution < 1.29 is 0 Å². The Balaban J connectivity index is 1.93. The van der Waals surface area contributed by atoms with Crippen LogP contribution >= 0.6 is 0 Å². The predicted octanol–water partition coefficient (Wildman–Crippen LogP) is 6.34. The van der Waals surface area contributed by atoms with Crippen LogP contribution in [-0.4, -0.2) is 14.8 Å². The molecule has 0 bridgehead atoms. The van der Waals surface area contributed by atoms with Gasteiger partial charge in [-0.3, -0.25) is 4.57 Å². The third-order valence-corrected chi connectivity index (χ3v) is 5.06. The average Bonchev–Trinajstić information content (AvgIpc) is 3.14. The highest BCUT2D eigenvalue weighted by Crippen LogP contribution is 2.33. The fraction of sp³-hybridized carbons (Fsp3) is 0.200. The molecule has 3 heteroatoms. The van der Waals surface area contributed by atoms with Crippen molar-refractivity contribution in [1.29, 1.82) is 0 Å². The van der Waals surface area contributed by atoms with Gasteiger partial charge in [0.2, 0.25) is 0 Å². The lowest BCUT2D eigenvalue weighted by Gasteiger charge is -2.19. The Bertz CT molecular complexity index is 1070. The van der Waals surface area contributed by atoms with Gasteiger partial charge in [0.25, 0.3) is 0 Å². The molecule has 3 nitrogen and oxygen atoms in total. The van der Waals surface area contributed by atoms with E-state index >= 15 is 0 Å². The quantitative estimate of drug-likeness (QED) is 0.421. The monoisotopic (exact) mass is 367 g/mol. The van der Waals surface area contributed by atoms with Crippen molar-refractivity contribution in [3.8, 4) is 28.2 Å². The molecule has 3 aromatic carbocycles. The Morgan fingerprint density at radius 1 is 0.679 bits per heavy atom. The van der Waals surface area contributed by atoms with Gasteiger partial charge in [-0.05, 0) is 48.2 Å². The fourth-order valence-corrected chi connectivity index (χ4v) is 3.77. The fourth-order valence-electron chi connectivity index (χ4n) is 3.77. The molecule has 0 amide bonds. The van der Waals surface area contributed by atoms with Gasteiger partial charge >= 0.3 is 0 Å². The normalized spacial score (nSPS) is 11.2. The minimum absolute atomic E-state index is 0.276. The molecule has 0 saturated heterocycles. The van der Waals surface area contributed by atoms with E-state index < -0.39 is 0 Å². The molecule has 0 fully saturated rings. The summed E-state index contributed by atoms with van der Waals surface area (Å²) in [6.45, 7) is 8.68. The first-order chi connectivity index (χ1) is 13.6. The molecular weight excluding hydrogens is 342 g/mol. The lowest BCUT2D eigenvalue weighted by Crippen LogP contribution is -2.08. The maximum atomic E-state index is 4.56. The lowest BCUT2D eigenvalue weighted by atomic mass is 9.98. The van der Waals surface area contributed by atoms with Crippen LogP contribution in [0.5, 0.6) is 0 Å². The summed E-state index contributed by atoms with van der Waals surface area (Å²) in [6.07, 6.45) is 0. The maximum absolute atomic E-state index is 4.56. The van der Waals surface area contributed by atoms with Crippen molar-refractivity contribution >= 4 is 0 Å². The van der Waals surface area contributed by atoms with Crippen molar-refractivity contribution in [2.45, 2.75) is 33.6 Å². The first-order valence-corrected chi connectivity index (χ1v) is 9.74. The van der Waals surface area contributed by atoms with Crippen molar-refractivity contribution in [1.82, 2.24) is 14.8 Å². The summed E-state index contributed by atoms with van der Waals surface area (Å²) < 4.78 is 2.24. The largest absolute Gasteiger partial charge is 0.278 e. The van der Waals surface area contributed by atoms with Crippen LogP contribution < -0.4 is 0 Å². The Labute approximate surface area is 166 Å². The first-order valence-electron chi connectivity index (χ1n) is 9.74. The molecule has 140 valence electrons. The highest BCUT2D eigenvalue weighted by Gasteiger charge is 2.21. The van der Waals surface area contributed by atoms with Crippen molar-refractivity contribution in [2.24, 2.45) is 0 Å². The maximum Gasteiger partial charge on any atom is 0.168 e. The third-order valence-electron chi connectivity index (χ3n) is 5.06. The second-order valence-electron chi connectivity index (χ2n) is 7.56. The highest BCUT2D eigenvalue weighted by atomic mass is 15.3. The van der Waals surface area contributed by atoms with Gasteiger partial charge in [-0.25, -0.2) is 0 Å². The van der Waals surface area contributed by atoms with Crippen LogP contribution in [0, 0.1) is 13.8 Å². The molecule has 4 aromatic rings.